The third kappa shape index (κ3) is 16.3. The summed E-state index contributed by atoms with van der Waals surface area (Å²) in [7, 11) is 3.33. The maximum absolute atomic E-state index is 13.1. The minimum absolute atomic E-state index is 0. The Labute approximate surface area is 319 Å². The van der Waals surface area contributed by atoms with Crippen molar-refractivity contribution in [3.8, 4) is 11.3 Å². The molecule has 0 bridgehead atoms. The van der Waals surface area contributed by atoms with Crippen LogP contribution >= 0.6 is 0 Å². The van der Waals surface area contributed by atoms with Crippen LogP contribution in [0.5, 0.6) is 0 Å². The minimum Gasteiger partial charge on any atom is -1.00 e. The first-order valence-electron chi connectivity index (χ1n) is 16.3. The van der Waals surface area contributed by atoms with Gasteiger partial charge in [0.2, 0.25) is 5.95 Å². The van der Waals surface area contributed by atoms with Gasteiger partial charge in [-0.1, -0.05) is 39.8 Å². The summed E-state index contributed by atoms with van der Waals surface area (Å²) in [5.74, 6) is -0.978. The van der Waals surface area contributed by atoms with Gasteiger partial charge in [-0.05, 0) is 80.1 Å². The summed E-state index contributed by atoms with van der Waals surface area (Å²) in [5, 5.41) is 2.99. The number of carbonyl (C=O) groups excluding carboxylic acids is 2. The van der Waals surface area contributed by atoms with Crippen molar-refractivity contribution in [1.29, 1.82) is 0 Å². The summed E-state index contributed by atoms with van der Waals surface area (Å²) in [6.45, 7) is 17.1. The Hall–Kier alpha value is -3.77. The van der Waals surface area contributed by atoms with E-state index < -0.39 is 11.7 Å². The predicted molar refractivity (Wildman–Crippen MR) is 197 cm³/mol. The van der Waals surface area contributed by atoms with Crippen LogP contribution in [0.3, 0.4) is 0 Å². The van der Waals surface area contributed by atoms with Crippen LogP contribution in [0.1, 0.15) is 75.9 Å². The van der Waals surface area contributed by atoms with Gasteiger partial charge in [0.25, 0.3) is 0 Å². The Kier molecular flexibility index (Phi) is 23.3. The van der Waals surface area contributed by atoms with Crippen LogP contribution in [0, 0.1) is 23.5 Å². The van der Waals surface area contributed by atoms with E-state index in [1.54, 1.807) is 39.1 Å². The smallest absolute Gasteiger partial charge is 1.00 e. The molecule has 1 aliphatic rings. The van der Waals surface area contributed by atoms with Crippen LogP contribution in [0.25, 0.3) is 11.3 Å². The molecule has 4 rings (SSSR count). The Morgan fingerprint density at radius 1 is 0.960 bits per heavy atom. The molecule has 1 fully saturated rings. The monoisotopic (exact) mass is 702 g/mol. The molecule has 2 heterocycles. The number of benzene rings is 2. The summed E-state index contributed by atoms with van der Waals surface area (Å²) >= 11 is 0. The molecule has 12 heteroatoms. The van der Waals surface area contributed by atoms with Gasteiger partial charge in [-0.25, -0.2) is 18.7 Å². The fourth-order valence-electron chi connectivity index (χ4n) is 4.53. The second kappa shape index (κ2) is 25.2. The van der Waals surface area contributed by atoms with Gasteiger partial charge < -0.3 is 22.9 Å². The normalized spacial score (nSPS) is 12.0. The van der Waals surface area contributed by atoms with Gasteiger partial charge in [0.05, 0.1) is 17.3 Å². The van der Waals surface area contributed by atoms with Crippen molar-refractivity contribution in [2.45, 2.75) is 59.3 Å². The molecule has 9 nitrogen and oxygen atoms in total. The second-order valence-electron chi connectivity index (χ2n) is 11.6. The van der Waals surface area contributed by atoms with Gasteiger partial charge in [-0.15, -0.1) is 13.2 Å². The Morgan fingerprint density at radius 2 is 1.48 bits per heavy atom. The Morgan fingerprint density at radius 3 is 1.86 bits per heavy atom. The molecule has 1 aliphatic heterocycles. The van der Waals surface area contributed by atoms with Crippen molar-refractivity contribution in [2.24, 2.45) is 28.3 Å². The number of rotatable bonds is 11. The van der Waals surface area contributed by atoms with Crippen LogP contribution in [0.15, 0.2) is 78.8 Å². The van der Waals surface area contributed by atoms with Crippen molar-refractivity contribution in [3.05, 3.63) is 102 Å². The van der Waals surface area contributed by atoms with Crippen molar-refractivity contribution in [3.63, 3.8) is 0 Å². The SMILES string of the molecule is C1CCOC1.C=CCC(C(=O)c1ccc(F)cc1)C(=O)C(C)C.C=CCc1c(-c2ccc(F)cc2)nc(NC)nc1C(C)C.CN=C(N)N.[H-].[Na+]. The first-order valence-corrected chi connectivity index (χ1v) is 16.3. The molecule has 0 radical (unpaired) electrons. The molecule has 3 aromatic rings. The number of ketones is 2. The number of halogens is 2. The number of aliphatic imine (C=N–C) groups is 1. The van der Waals surface area contributed by atoms with Gasteiger partial charge in [0, 0.05) is 49.9 Å². The molecule has 0 aliphatic carbocycles. The fraction of sp³-hybridized carbons (Fsp3) is 0.395. The van der Waals surface area contributed by atoms with Crippen LogP contribution in [0.2, 0.25) is 0 Å². The molecule has 0 saturated carbocycles. The van der Waals surface area contributed by atoms with Crippen molar-refractivity contribution in [2.75, 3.05) is 32.6 Å². The zero-order chi connectivity index (χ0) is 36.9. The van der Waals surface area contributed by atoms with Gasteiger partial charge >= 0.3 is 29.6 Å². The molecule has 1 unspecified atom stereocenters. The molecule has 0 amide bonds. The molecule has 268 valence electrons. The number of nitrogens with two attached hydrogens (primary N) is 2. The fourth-order valence-corrected chi connectivity index (χ4v) is 4.53. The van der Waals surface area contributed by atoms with Gasteiger partial charge in [0.1, 0.15) is 17.4 Å². The van der Waals surface area contributed by atoms with E-state index in [4.69, 9.17) is 16.2 Å². The first kappa shape index (κ1) is 46.2. The topological polar surface area (TPSA) is 146 Å². The number of carbonyl (C=O) groups is 2. The Bertz CT molecular complexity index is 1510. The average molecular weight is 703 g/mol. The summed E-state index contributed by atoms with van der Waals surface area (Å²) in [4.78, 5) is 36.7. The van der Waals surface area contributed by atoms with Crippen molar-refractivity contribution >= 4 is 23.5 Å². The third-order valence-corrected chi connectivity index (χ3v) is 7.12. The number of nitrogens with one attached hydrogen (secondary N) is 1. The van der Waals surface area contributed by atoms with E-state index in [1.165, 1.54) is 56.3 Å². The first-order chi connectivity index (χ1) is 23.3. The average Bonchev–Trinajstić information content (AvgIpc) is 3.69. The van der Waals surface area contributed by atoms with Crippen LogP contribution in [-0.4, -0.2) is 54.8 Å². The van der Waals surface area contributed by atoms with E-state index in [9.17, 15) is 18.4 Å². The predicted octanol–water partition coefficient (Wildman–Crippen LogP) is 4.41. The number of allylic oxidation sites excluding steroid dienone is 2. The number of Topliss-reactive ketones (excluding diaryl/α,β-unsaturated/α-hetero) is 2. The summed E-state index contributed by atoms with van der Waals surface area (Å²) in [5.41, 5.74) is 13.8. The zero-order valence-corrected chi connectivity index (χ0v) is 32.6. The number of guanidine groups is 1. The standard InChI is InChI=1S/C17H20FN3.C15H17FO2.C4H8O.C2H7N3.Na.H/c1-5-6-14-15(11(2)3)20-17(19-4)21-16(14)12-7-9-13(18)10-8-12;1-4-5-13(14(17)10(2)3)15(18)11-6-8-12(16)9-7-11;1-2-4-5-3-1;1-5-2(3)4;;/h5,7-11H,1,6H2,2-4H3,(H,19,20,21);4,6-10,13H,1,5H2,2-3H3;1-4H2;1H3,(H4,3,4,5);;/q;;;;+1;-1. The van der Waals surface area contributed by atoms with Crippen LogP contribution < -0.4 is 46.3 Å². The minimum atomic E-state index is -0.715. The summed E-state index contributed by atoms with van der Waals surface area (Å²) < 4.78 is 30.9. The van der Waals surface area contributed by atoms with Crippen LogP contribution in [0.4, 0.5) is 14.7 Å². The molecule has 0 spiro atoms. The molecule has 1 atom stereocenters. The number of hydrogen-bond acceptors (Lipinski definition) is 7. The number of hydrogen-bond donors (Lipinski definition) is 3. The van der Waals surface area contributed by atoms with E-state index in [0.29, 0.717) is 24.4 Å². The molecule has 1 saturated heterocycles. The van der Waals surface area contributed by atoms with E-state index >= 15 is 0 Å². The van der Waals surface area contributed by atoms with Gasteiger partial charge in [-0.3, -0.25) is 14.6 Å². The van der Waals surface area contributed by atoms with E-state index in [-0.39, 0.29) is 66.2 Å². The molecule has 5 N–H and O–H groups in total. The maximum atomic E-state index is 13.1. The molecular formula is C38H53F2N6NaO3. The quantitative estimate of drug-likeness (QED) is 0.0666. The molecule has 50 heavy (non-hydrogen) atoms. The third-order valence-electron chi connectivity index (χ3n) is 7.12. The van der Waals surface area contributed by atoms with E-state index in [2.05, 4.69) is 47.3 Å². The number of ether oxygens (including phenoxy) is 1. The Balaban J connectivity index is 0. The number of anilines is 1. The van der Waals surface area contributed by atoms with Gasteiger partial charge in [-0.2, -0.15) is 0 Å². The van der Waals surface area contributed by atoms with Crippen molar-refractivity contribution in [1.82, 2.24) is 9.97 Å². The zero-order valence-electron chi connectivity index (χ0n) is 31.6. The maximum Gasteiger partial charge on any atom is 1.00 e. The van der Waals surface area contributed by atoms with E-state index in [0.717, 1.165) is 35.7 Å². The number of aromatic nitrogens is 2. The second-order valence-corrected chi connectivity index (χ2v) is 11.6. The summed E-state index contributed by atoms with van der Waals surface area (Å²) in [6, 6.07) is 11.6. The van der Waals surface area contributed by atoms with Gasteiger partial charge in [0.15, 0.2) is 11.7 Å². The molecule has 1 aromatic heterocycles. The van der Waals surface area contributed by atoms with Crippen molar-refractivity contribution < 1.29 is 54.1 Å². The summed E-state index contributed by atoms with van der Waals surface area (Å²) in [6.07, 6.45) is 6.96. The molecule has 2 aromatic carbocycles. The largest absolute Gasteiger partial charge is 1.00 e. The molecular weight excluding hydrogens is 649 g/mol. The van der Waals surface area contributed by atoms with E-state index in [1.807, 2.05) is 6.08 Å². The number of nitrogens with zero attached hydrogens (tertiary/aromatic N) is 3. The van der Waals surface area contributed by atoms with Crippen LogP contribution in [-0.2, 0) is 16.0 Å².